The lowest BCUT2D eigenvalue weighted by atomic mass is 10.1. The van der Waals surface area contributed by atoms with Gasteiger partial charge in [0.15, 0.2) is 6.10 Å². The molecule has 1 atom stereocenters. The number of carbonyl (C=O) groups excluding carboxylic acids is 2. The summed E-state index contributed by atoms with van der Waals surface area (Å²) < 4.78 is 20.1. The van der Waals surface area contributed by atoms with Crippen molar-refractivity contribution in [3.63, 3.8) is 0 Å². The van der Waals surface area contributed by atoms with E-state index in [9.17, 15) is 9.59 Å². The summed E-state index contributed by atoms with van der Waals surface area (Å²) in [5.41, 5.74) is 0. The SMILES string of the molecule is CCC(OC(C)=O)C(/C=C\C(=O)OC)(OC)OC. The van der Waals surface area contributed by atoms with E-state index in [-0.39, 0.29) is 0 Å². The van der Waals surface area contributed by atoms with E-state index in [0.29, 0.717) is 6.42 Å². The molecule has 0 aromatic rings. The third kappa shape index (κ3) is 4.46. The molecule has 0 radical (unpaired) electrons. The van der Waals surface area contributed by atoms with Crippen LogP contribution in [0.4, 0.5) is 0 Å². The lowest BCUT2D eigenvalue weighted by Gasteiger charge is -2.34. The molecule has 0 bridgehead atoms. The molecule has 0 saturated heterocycles. The molecule has 0 aliphatic rings. The number of hydrogen-bond donors (Lipinski definition) is 0. The average Bonchev–Trinajstić information content (AvgIpc) is 2.37. The smallest absolute Gasteiger partial charge is 0.330 e. The quantitative estimate of drug-likeness (QED) is 0.387. The van der Waals surface area contributed by atoms with Crippen LogP contribution in [0.5, 0.6) is 0 Å². The van der Waals surface area contributed by atoms with Gasteiger partial charge in [-0.05, 0) is 12.5 Å². The Hall–Kier alpha value is -1.40. The Morgan fingerprint density at radius 2 is 1.78 bits per heavy atom. The van der Waals surface area contributed by atoms with E-state index in [0.717, 1.165) is 0 Å². The lowest BCUT2D eigenvalue weighted by Crippen LogP contribution is -2.46. The third-order valence-electron chi connectivity index (χ3n) is 2.42. The van der Waals surface area contributed by atoms with Gasteiger partial charge in [0.2, 0.25) is 5.79 Å². The second-order valence-corrected chi connectivity index (χ2v) is 3.49. The molecule has 0 N–H and O–H groups in total. The zero-order valence-corrected chi connectivity index (χ0v) is 11.4. The van der Waals surface area contributed by atoms with Crippen molar-refractivity contribution in [2.75, 3.05) is 21.3 Å². The molecule has 0 aliphatic carbocycles. The van der Waals surface area contributed by atoms with Crippen molar-refractivity contribution in [1.29, 1.82) is 0 Å². The molecule has 0 amide bonds. The minimum Gasteiger partial charge on any atom is -0.466 e. The summed E-state index contributed by atoms with van der Waals surface area (Å²) in [5.74, 6) is -2.31. The summed E-state index contributed by atoms with van der Waals surface area (Å²) in [4.78, 5) is 22.1. The molecule has 0 aromatic heterocycles. The van der Waals surface area contributed by atoms with Gasteiger partial charge in [0.1, 0.15) is 0 Å². The molecule has 0 rings (SSSR count). The van der Waals surface area contributed by atoms with Crippen LogP contribution in [0.2, 0.25) is 0 Å². The number of esters is 2. The minimum absolute atomic E-state index is 0.452. The lowest BCUT2D eigenvalue weighted by molar-refractivity contribution is -0.236. The van der Waals surface area contributed by atoms with Crippen molar-refractivity contribution in [1.82, 2.24) is 0 Å². The summed E-state index contributed by atoms with van der Waals surface area (Å²) in [6.07, 6.45) is 2.34. The maximum atomic E-state index is 11.1. The molecule has 6 nitrogen and oxygen atoms in total. The van der Waals surface area contributed by atoms with Gasteiger partial charge in [-0.15, -0.1) is 0 Å². The van der Waals surface area contributed by atoms with E-state index >= 15 is 0 Å². The predicted octanol–water partition coefficient (Wildman–Crippen LogP) is 1.05. The predicted molar refractivity (Wildman–Crippen MR) is 63.8 cm³/mol. The van der Waals surface area contributed by atoms with Crippen molar-refractivity contribution < 1.29 is 28.5 Å². The first-order chi connectivity index (χ1) is 8.45. The fraction of sp³-hybridized carbons (Fsp3) is 0.667. The van der Waals surface area contributed by atoms with Gasteiger partial charge < -0.3 is 18.9 Å². The van der Waals surface area contributed by atoms with Gasteiger partial charge in [-0.2, -0.15) is 0 Å². The zero-order valence-electron chi connectivity index (χ0n) is 11.4. The summed E-state index contributed by atoms with van der Waals surface area (Å²) in [6, 6.07) is 0. The van der Waals surface area contributed by atoms with Crippen LogP contribution in [0.3, 0.4) is 0 Å². The average molecular weight is 260 g/mol. The summed E-state index contributed by atoms with van der Waals surface area (Å²) in [5, 5.41) is 0. The van der Waals surface area contributed by atoms with Gasteiger partial charge in [-0.1, -0.05) is 6.92 Å². The van der Waals surface area contributed by atoms with Gasteiger partial charge in [-0.3, -0.25) is 4.79 Å². The number of hydrogen-bond acceptors (Lipinski definition) is 6. The fourth-order valence-electron chi connectivity index (χ4n) is 1.49. The van der Waals surface area contributed by atoms with Crippen LogP contribution in [-0.4, -0.2) is 45.2 Å². The van der Waals surface area contributed by atoms with E-state index in [1.54, 1.807) is 0 Å². The Balaban J connectivity index is 5.14. The molecule has 104 valence electrons. The largest absolute Gasteiger partial charge is 0.466 e. The Labute approximate surface area is 107 Å². The molecule has 0 fully saturated rings. The fourth-order valence-corrected chi connectivity index (χ4v) is 1.49. The first kappa shape index (κ1) is 16.6. The molecule has 0 aromatic carbocycles. The second kappa shape index (κ2) is 7.84. The van der Waals surface area contributed by atoms with Crippen molar-refractivity contribution >= 4 is 11.9 Å². The van der Waals surface area contributed by atoms with Crippen LogP contribution in [0.1, 0.15) is 20.3 Å². The summed E-state index contributed by atoms with van der Waals surface area (Å²) >= 11 is 0. The van der Waals surface area contributed by atoms with Gasteiger partial charge in [0.25, 0.3) is 0 Å². The summed E-state index contributed by atoms with van der Waals surface area (Å²) in [6.45, 7) is 3.11. The van der Waals surface area contributed by atoms with E-state index in [4.69, 9.17) is 14.2 Å². The molecular formula is C12H20O6. The standard InChI is InChI=1S/C12H20O6/c1-6-10(18-9(2)13)12(16-4,17-5)8-7-11(14)15-3/h7-8,10H,6H2,1-5H3/b8-7-. The molecule has 1 unspecified atom stereocenters. The Kier molecular flexibility index (Phi) is 7.23. The maximum Gasteiger partial charge on any atom is 0.330 e. The third-order valence-corrected chi connectivity index (χ3v) is 2.42. The topological polar surface area (TPSA) is 71.1 Å². The molecule has 6 heteroatoms. The Bertz CT molecular complexity index is 306. The minimum atomic E-state index is -1.31. The van der Waals surface area contributed by atoms with Gasteiger partial charge >= 0.3 is 11.9 Å². The Morgan fingerprint density at radius 1 is 1.22 bits per heavy atom. The first-order valence-electron chi connectivity index (χ1n) is 5.50. The summed E-state index contributed by atoms with van der Waals surface area (Å²) in [7, 11) is 4.06. The van der Waals surface area contributed by atoms with Crippen LogP contribution < -0.4 is 0 Å². The highest BCUT2D eigenvalue weighted by Gasteiger charge is 2.38. The molecule has 0 aliphatic heterocycles. The van der Waals surface area contributed by atoms with E-state index in [2.05, 4.69) is 4.74 Å². The molecule has 0 spiro atoms. The van der Waals surface area contributed by atoms with Gasteiger partial charge in [-0.25, -0.2) is 4.79 Å². The molecule has 0 saturated carbocycles. The van der Waals surface area contributed by atoms with Crippen molar-refractivity contribution in [3.05, 3.63) is 12.2 Å². The van der Waals surface area contributed by atoms with Crippen LogP contribution in [-0.2, 0) is 28.5 Å². The van der Waals surface area contributed by atoms with Crippen molar-refractivity contribution in [3.8, 4) is 0 Å². The zero-order chi connectivity index (χ0) is 14.2. The van der Waals surface area contributed by atoms with Crippen LogP contribution >= 0.6 is 0 Å². The monoisotopic (exact) mass is 260 g/mol. The van der Waals surface area contributed by atoms with Gasteiger partial charge in [0, 0.05) is 27.2 Å². The highest BCUT2D eigenvalue weighted by molar-refractivity contribution is 5.81. The highest BCUT2D eigenvalue weighted by Crippen LogP contribution is 2.24. The van der Waals surface area contributed by atoms with Crippen LogP contribution in [0.25, 0.3) is 0 Å². The molecular weight excluding hydrogens is 240 g/mol. The van der Waals surface area contributed by atoms with Crippen molar-refractivity contribution in [2.24, 2.45) is 0 Å². The van der Waals surface area contributed by atoms with Crippen LogP contribution in [0, 0.1) is 0 Å². The van der Waals surface area contributed by atoms with Crippen molar-refractivity contribution in [2.45, 2.75) is 32.2 Å². The number of rotatable bonds is 7. The maximum absolute atomic E-state index is 11.1. The van der Waals surface area contributed by atoms with E-state index < -0.39 is 23.8 Å². The van der Waals surface area contributed by atoms with E-state index in [1.807, 2.05) is 6.92 Å². The number of methoxy groups -OCH3 is 3. The van der Waals surface area contributed by atoms with Gasteiger partial charge in [0.05, 0.1) is 7.11 Å². The number of carbonyl (C=O) groups is 2. The Morgan fingerprint density at radius 3 is 2.11 bits per heavy atom. The molecule has 0 heterocycles. The highest BCUT2D eigenvalue weighted by atomic mass is 16.7. The number of ether oxygens (including phenoxy) is 4. The normalized spacial score (nSPS) is 13.4. The molecule has 18 heavy (non-hydrogen) atoms. The second-order valence-electron chi connectivity index (χ2n) is 3.49. The van der Waals surface area contributed by atoms with E-state index in [1.165, 1.54) is 40.4 Å². The van der Waals surface area contributed by atoms with Crippen LogP contribution in [0.15, 0.2) is 12.2 Å². The first-order valence-corrected chi connectivity index (χ1v) is 5.50.